The highest BCUT2D eigenvalue weighted by Gasteiger charge is 2.15. The number of nitrogens with zero attached hydrogens (tertiary/aromatic N) is 2. The molecule has 0 fully saturated rings. The lowest BCUT2D eigenvalue weighted by molar-refractivity contribution is 0.0992. The molecule has 0 spiro atoms. The number of halogens is 2. The van der Waals surface area contributed by atoms with Gasteiger partial charge in [-0.05, 0) is 49.4 Å². The Morgan fingerprint density at radius 2 is 1.87 bits per heavy atom. The van der Waals surface area contributed by atoms with Crippen molar-refractivity contribution in [1.29, 1.82) is 0 Å². The number of furan rings is 1. The highest BCUT2D eigenvalue weighted by molar-refractivity contribution is 6.01. The van der Waals surface area contributed by atoms with Crippen LogP contribution in [0.4, 0.5) is 14.6 Å². The zero-order chi connectivity index (χ0) is 21.8. The minimum atomic E-state index is -0.469. The van der Waals surface area contributed by atoms with Gasteiger partial charge in [0.15, 0.2) is 11.6 Å². The third kappa shape index (κ3) is 4.98. The van der Waals surface area contributed by atoms with Crippen LogP contribution in [0.2, 0.25) is 0 Å². The maximum atomic E-state index is 13.9. The van der Waals surface area contributed by atoms with Crippen molar-refractivity contribution in [2.45, 2.75) is 20.1 Å². The van der Waals surface area contributed by atoms with E-state index in [4.69, 9.17) is 9.15 Å². The molecular weight excluding hydrogens is 404 g/mol. The van der Waals surface area contributed by atoms with Crippen LogP contribution >= 0.6 is 0 Å². The number of hydrogen-bond acceptors (Lipinski definition) is 4. The van der Waals surface area contributed by atoms with Gasteiger partial charge in [0.25, 0.3) is 5.91 Å². The van der Waals surface area contributed by atoms with Gasteiger partial charge < -0.3 is 14.5 Å². The molecule has 0 saturated heterocycles. The number of rotatable bonds is 7. The maximum Gasteiger partial charge on any atom is 0.292 e. The molecule has 4 rings (SSSR count). The predicted molar refractivity (Wildman–Crippen MR) is 110 cm³/mol. The summed E-state index contributed by atoms with van der Waals surface area (Å²) in [5.74, 6) is 0.224. The van der Waals surface area contributed by atoms with E-state index >= 15 is 0 Å². The number of anilines is 1. The lowest BCUT2D eigenvalue weighted by atomic mass is 10.2. The van der Waals surface area contributed by atoms with Crippen LogP contribution in [-0.4, -0.2) is 15.7 Å². The van der Waals surface area contributed by atoms with E-state index in [1.807, 2.05) is 6.92 Å². The summed E-state index contributed by atoms with van der Waals surface area (Å²) in [6.45, 7) is 2.16. The van der Waals surface area contributed by atoms with Gasteiger partial charge in [0, 0.05) is 17.3 Å². The Morgan fingerprint density at radius 3 is 2.65 bits per heavy atom. The Hall–Kier alpha value is -3.94. The van der Waals surface area contributed by atoms with E-state index in [2.05, 4.69) is 10.4 Å². The Kier molecular flexibility index (Phi) is 5.79. The normalized spacial score (nSPS) is 10.8. The van der Waals surface area contributed by atoms with E-state index < -0.39 is 5.91 Å². The van der Waals surface area contributed by atoms with Crippen molar-refractivity contribution < 1.29 is 22.7 Å². The standard InChI is InChI=1S/C23H19F2N3O3/c1-15-12-22(27-28(15)13-16-4-2-3-5-20(16)25)26-23(29)21-11-10-19(31-21)14-30-18-8-6-17(24)7-9-18/h2-12H,13-14H2,1H3,(H,26,27,29). The largest absolute Gasteiger partial charge is 0.486 e. The highest BCUT2D eigenvalue weighted by Crippen LogP contribution is 2.17. The fourth-order valence-corrected chi connectivity index (χ4v) is 2.96. The molecule has 0 aliphatic heterocycles. The van der Waals surface area contributed by atoms with E-state index in [1.165, 1.54) is 36.4 Å². The van der Waals surface area contributed by atoms with E-state index in [1.54, 1.807) is 35.0 Å². The Labute approximate surface area is 177 Å². The van der Waals surface area contributed by atoms with Crippen LogP contribution in [0.5, 0.6) is 5.75 Å². The van der Waals surface area contributed by atoms with Crippen molar-refractivity contribution in [2.24, 2.45) is 0 Å². The molecule has 8 heteroatoms. The van der Waals surface area contributed by atoms with Gasteiger partial charge >= 0.3 is 0 Å². The first kappa shape index (κ1) is 20.3. The van der Waals surface area contributed by atoms with Crippen molar-refractivity contribution in [1.82, 2.24) is 9.78 Å². The predicted octanol–water partition coefficient (Wildman–Crippen LogP) is 4.94. The number of benzene rings is 2. The van der Waals surface area contributed by atoms with Gasteiger partial charge in [-0.25, -0.2) is 8.78 Å². The van der Waals surface area contributed by atoms with Crippen molar-refractivity contribution in [3.8, 4) is 5.75 Å². The summed E-state index contributed by atoms with van der Waals surface area (Å²) in [6, 6.07) is 16.9. The van der Waals surface area contributed by atoms with Crippen LogP contribution in [0.3, 0.4) is 0 Å². The second-order valence-electron chi connectivity index (χ2n) is 6.88. The summed E-state index contributed by atoms with van der Waals surface area (Å²) in [5, 5.41) is 6.99. The number of nitrogens with one attached hydrogen (secondary N) is 1. The topological polar surface area (TPSA) is 69.3 Å². The molecule has 0 atom stereocenters. The molecule has 158 valence electrons. The van der Waals surface area contributed by atoms with Crippen LogP contribution in [0.25, 0.3) is 0 Å². The van der Waals surface area contributed by atoms with Crippen LogP contribution in [0, 0.1) is 18.6 Å². The third-order valence-electron chi connectivity index (χ3n) is 4.58. The Morgan fingerprint density at radius 1 is 1.10 bits per heavy atom. The molecule has 0 radical (unpaired) electrons. The molecule has 0 aliphatic rings. The quantitative estimate of drug-likeness (QED) is 0.457. The SMILES string of the molecule is Cc1cc(NC(=O)c2ccc(COc3ccc(F)cc3)o2)nn1Cc1ccccc1F. The lowest BCUT2D eigenvalue weighted by Gasteiger charge is -2.05. The molecule has 0 bridgehead atoms. The second kappa shape index (κ2) is 8.83. The number of ether oxygens (including phenoxy) is 1. The summed E-state index contributed by atoms with van der Waals surface area (Å²) in [5.41, 5.74) is 1.27. The number of aromatic nitrogens is 2. The zero-order valence-electron chi connectivity index (χ0n) is 16.6. The first-order valence-corrected chi connectivity index (χ1v) is 9.54. The molecule has 31 heavy (non-hydrogen) atoms. The first-order chi connectivity index (χ1) is 15.0. The smallest absolute Gasteiger partial charge is 0.292 e. The Balaban J connectivity index is 1.37. The molecule has 1 amide bonds. The van der Waals surface area contributed by atoms with Crippen molar-refractivity contribution in [3.63, 3.8) is 0 Å². The molecule has 6 nitrogen and oxygen atoms in total. The summed E-state index contributed by atoms with van der Waals surface area (Å²) in [6.07, 6.45) is 0. The number of hydrogen-bond donors (Lipinski definition) is 1. The fourth-order valence-electron chi connectivity index (χ4n) is 2.96. The molecule has 0 unspecified atom stereocenters. The second-order valence-corrected chi connectivity index (χ2v) is 6.88. The van der Waals surface area contributed by atoms with Gasteiger partial charge in [-0.15, -0.1) is 0 Å². The molecule has 2 aromatic carbocycles. The van der Waals surface area contributed by atoms with Gasteiger partial charge in [0.05, 0.1) is 6.54 Å². The average Bonchev–Trinajstić information content (AvgIpc) is 3.36. The lowest BCUT2D eigenvalue weighted by Crippen LogP contribution is -2.12. The van der Waals surface area contributed by atoms with E-state index in [0.29, 0.717) is 22.9 Å². The number of carbonyl (C=O) groups excluding carboxylic acids is 1. The van der Waals surface area contributed by atoms with Crippen molar-refractivity contribution in [3.05, 3.63) is 101 Å². The van der Waals surface area contributed by atoms with E-state index in [9.17, 15) is 13.6 Å². The van der Waals surface area contributed by atoms with Gasteiger partial charge in [0.1, 0.15) is 29.8 Å². The van der Waals surface area contributed by atoms with Gasteiger partial charge in [-0.1, -0.05) is 18.2 Å². The average molecular weight is 423 g/mol. The van der Waals surface area contributed by atoms with Crippen LogP contribution < -0.4 is 10.1 Å². The number of carbonyl (C=O) groups is 1. The molecule has 1 N–H and O–H groups in total. The van der Waals surface area contributed by atoms with Crippen molar-refractivity contribution in [2.75, 3.05) is 5.32 Å². The molecule has 0 aliphatic carbocycles. The monoisotopic (exact) mass is 423 g/mol. The maximum absolute atomic E-state index is 13.9. The van der Waals surface area contributed by atoms with E-state index in [0.717, 1.165) is 5.69 Å². The third-order valence-corrected chi connectivity index (χ3v) is 4.58. The first-order valence-electron chi connectivity index (χ1n) is 9.54. The molecule has 0 saturated carbocycles. The highest BCUT2D eigenvalue weighted by atomic mass is 19.1. The number of aryl methyl sites for hydroxylation is 1. The number of amides is 1. The molecule has 2 heterocycles. The van der Waals surface area contributed by atoms with Gasteiger partial charge in [-0.2, -0.15) is 5.10 Å². The van der Waals surface area contributed by atoms with Crippen LogP contribution in [0.1, 0.15) is 27.6 Å². The molecule has 4 aromatic rings. The minimum Gasteiger partial charge on any atom is -0.486 e. The summed E-state index contributed by atoms with van der Waals surface area (Å²) >= 11 is 0. The fraction of sp³-hybridized carbons (Fsp3) is 0.130. The van der Waals surface area contributed by atoms with Crippen LogP contribution in [-0.2, 0) is 13.2 Å². The van der Waals surface area contributed by atoms with Crippen LogP contribution in [0.15, 0.2) is 71.1 Å². The zero-order valence-corrected chi connectivity index (χ0v) is 16.6. The molecule has 2 aromatic heterocycles. The Bertz CT molecular complexity index is 1200. The molecular formula is C23H19F2N3O3. The van der Waals surface area contributed by atoms with Crippen molar-refractivity contribution >= 4 is 11.7 Å². The van der Waals surface area contributed by atoms with Gasteiger partial charge in [-0.3, -0.25) is 9.48 Å². The minimum absolute atomic E-state index is 0.0925. The van der Waals surface area contributed by atoms with Gasteiger partial charge in [0.2, 0.25) is 0 Å². The summed E-state index contributed by atoms with van der Waals surface area (Å²) in [4.78, 5) is 12.5. The van der Waals surface area contributed by atoms with E-state index in [-0.39, 0.29) is 30.5 Å². The summed E-state index contributed by atoms with van der Waals surface area (Å²) < 4.78 is 39.4. The summed E-state index contributed by atoms with van der Waals surface area (Å²) in [7, 11) is 0.